The third-order valence-electron chi connectivity index (χ3n) is 3.55. The van der Waals surface area contributed by atoms with E-state index >= 15 is 0 Å². The van der Waals surface area contributed by atoms with Crippen LogP contribution < -0.4 is 10.6 Å². The summed E-state index contributed by atoms with van der Waals surface area (Å²) in [5, 5.41) is 6.23. The molecule has 4 heteroatoms. The molecule has 0 bridgehead atoms. The molecule has 0 radical (unpaired) electrons. The molecule has 1 aromatic carbocycles. The van der Waals surface area contributed by atoms with Gasteiger partial charge in [-0.2, -0.15) is 0 Å². The summed E-state index contributed by atoms with van der Waals surface area (Å²) in [5.41, 5.74) is 1.90. The van der Waals surface area contributed by atoms with Crippen LogP contribution in [0.25, 0.3) is 0 Å². The van der Waals surface area contributed by atoms with E-state index < -0.39 is 0 Å². The molecule has 1 aliphatic heterocycles. The number of anilines is 1. The Morgan fingerprint density at radius 1 is 1.45 bits per heavy atom. The summed E-state index contributed by atoms with van der Waals surface area (Å²) >= 11 is 0. The predicted molar refractivity (Wildman–Crippen MR) is 80.9 cm³/mol. The SMILES string of the molecule is Cc1cccc(NC(=O)CNC2CCOC(C)(C)C2)c1. The van der Waals surface area contributed by atoms with Gasteiger partial charge in [0.1, 0.15) is 0 Å². The Bertz CT molecular complexity index is 471. The van der Waals surface area contributed by atoms with Crippen LogP contribution in [0.3, 0.4) is 0 Å². The van der Waals surface area contributed by atoms with Crippen molar-refractivity contribution < 1.29 is 9.53 Å². The average Bonchev–Trinajstić information content (AvgIpc) is 2.35. The molecule has 1 fully saturated rings. The molecule has 1 aromatic rings. The van der Waals surface area contributed by atoms with Gasteiger partial charge in [0.25, 0.3) is 0 Å². The first-order chi connectivity index (χ1) is 9.44. The molecule has 20 heavy (non-hydrogen) atoms. The van der Waals surface area contributed by atoms with Crippen LogP contribution in [0, 0.1) is 6.92 Å². The summed E-state index contributed by atoms with van der Waals surface area (Å²) in [6.07, 6.45) is 1.89. The first-order valence-corrected chi connectivity index (χ1v) is 7.18. The molecule has 1 unspecified atom stereocenters. The second-order valence-corrected chi connectivity index (χ2v) is 6.10. The van der Waals surface area contributed by atoms with Gasteiger partial charge in [-0.3, -0.25) is 4.79 Å². The molecule has 1 aliphatic rings. The minimum absolute atomic E-state index is 0.0000945. The summed E-state index contributed by atoms with van der Waals surface area (Å²) in [6, 6.07) is 8.18. The normalized spacial score (nSPS) is 21.4. The molecule has 0 aliphatic carbocycles. The summed E-state index contributed by atoms with van der Waals surface area (Å²) in [4.78, 5) is 11.9. The minimum Gasteiger partial charge on any atom is -0.375 e. The third-order valence-corrected chi connectivity index (χ3v) is 3.55. The number of amides is 1. The van der Waals surface area contributed by atoms with Crippen molar-refractivity contribution in [2.45, 2.75) is 45.3 Å². The lowest BCUT2D eigenvalue weighted by Crippen LogP contribution is -2.45. The van der Waals surface area contributed by atoms with Crippen molar-refractivity contribution in [3.63, 3.8) is 0 Å². The van der Waals surface area contributed by atoms with Crippen molar-refractivity contribution in [3.05, 3.63) is 29.8 Å². The highest BCUT2D eigenvalue weighted by Gasteiger charge is 2.28. The highest BCUT2D eigenvalue weighted by atomic mass is 16.5. The lowest BCUT2D eigenvalue weighted by Gasteiger charge is -2.35. The molecule has 110 valence electrons. The van der Waals surface area contributed by atoms with Crippen LogP contribution in [0.1, 0.15) is 32.3 Å². The predicted octanol–water partition coefficient (Wildman–Crippen LogP) is 2.48. The van der Waals surface area contributed by atoms with Crippen molar-refractivity contribution in [1.82, 2.24) is 5.32 Å². The minimum atomic E-state index is -0.0943. The number of ether oxygens (including phenoxy) is 1. The number of aryl methyl sites for hydroxylation is 1. The Morgan fingerprint density at radius 2 is 2.25 bits per heavy atom. The van der Waals surface area contributed by atoms with Crippen molar-refractivity contribution in [2.75, 3.05) is 18.5 Å². The van der Waals surface area contributed by atoms with Crippen LogP contribution in [0.4, 0.5) is 5.69 Å². The number of carbonyl (C=O) groups is 1. The molecule has 4 nitrogen and oxygen atoms in total. The van der Waals surface area contributed by atoms with Gasteiger partial charge in [-0.1, -0.05) is 12.1 Å². The van der Waals surface area contributed by atoms with E-state index in [4.69, 9.17) is 4.74 Å². The van der Waals surface area contributed by atoms with Gasteiger partial charge in [0, 0.05) is 18.3 Å². The lowest BCUT2D eigenvalue weighted by atomic mass is 9.94. The molecule has 1 amide bonds. The highest BCUT2D eigenvalue weighted by molar-refractivity contribution is 5.92. The molecule has 1 saturated heterocycles. The monoisotopic (exact) mass is 276 g/mol. The Labute approximate surface area is 120 Å². The van der Waals surface area contributed by atoms with Gasteiger partial charge in [-0.05, 0) is 51.3 Å². The fourth-order valence-corrected chi connectivity index (χ4v) is 2.57. The zero-order valence-electron chi connectivity index (χ0n) is 12.5. The Morgan fingerprint density at radius 3 is 2.95 bits per heavy atom. The Kier molecular flexibility index (Phi) is 4.78. The van der Waals surface area contributed by atoms with E-state index in [2.05, 4.69) is 24.5 Å². The molecular weight excluding hydrogens is 252 g/mol. The molecule has 0 aromatic heterocycles. The van der Waals surface area contributed by atoms with Crippen LogP contribution >= 0.6 is 0 Å². The van der Waals surface area contributed by atoms with E-state index in [9.17, 15) is 4.79 Å². The maximum absolute atomic E-state index is 11.9. The van der Waals surface area contributed by atoms with Crippen molar-refractivity contribution in [1.29, 1.82) is 0 Å². The van der Waals surface area contributed by atoms with E-state index in [1.807, 2.05) is 31.2 Å². The van der Waals surface area contributed by atoms with Crippen LogP contribution in [-0.4, -0.2) is 30.7 Å². The Hall–Kier alpha value is -1.39. The highest BCUT2D eigenvalue weighted by Crippen LogP contribution is 2.23. The summed E-state index contributed by atoms with van der Waals surface area (Å²) in [6.45, 7) is 7.29. The standard InChI is InChI=1S/C16H24N2O2/c1-12-5-4-6-13(9-12)18-15(19)11-17-14-7-8-20-16(2,3)10-14/h4-6,9,14,17H,7-8,10-11H2,1-3H3,(H,18,19). The Balaban J connectivity index is 1.78. The molecule has 2 rings (SSSR count). The summed E-state index contributed by atoms with van der Waals surface area (Å²) < 4.78 is 5.67. The van der Waals surface area contributed by atoms with Gasteiger partial charge in [0.15, 0.2) is 0 Å². The number of rotatable bonds is 4. The smallest absolute Gasteiger partial charge is 0.238 e. The maximum Gasteiger partial charge on any atom is 0.238 e. The molecular formula is C16H24N2O2. The fraction of sp³-hybridized carbons (Fsp3) is 0.562. The zero-order valence-corrected chi connectivity index (χ0v) is 12.5. The molecule has 2 N–H and O–H groups in total. The van der Waals surface area contributed by atoms with E-state index in [1.165, 1.54) is 0 Å². The van der Waals surface area contributed by atoms with Gasteiger partial charge >= 0.3 is 0 Å². The number of benzene rings is 1. The zero-order chi connectivity index (χ0) is 14.6. The number of carbonyl (C=O) groups excluding carboxylic acids is 1. The topological polar surface area (TPSA) is 50.4 Å². The fourth-order valence-electron chi connectivity index (χ4n) is 2.57. The van der Waals surface area contributed by atoms with Gasteiger partial charge < -0.3 is 15.4 Å². The van der Waals surface area contributed by atoms with E-state index in [-0.39, 0.29) is 11.5 Å². The first kappa shape index (κ1) is 15.0. The van der Waals surface area contributed by atoms with Gasteiger partial charge in [0.05, 0.1) is 12.1 Å². The van der Waals surface area contributed by atoms with Gasteiger partial charge in [0.2, 0.25) is 5.91 Å². The van der Waals surface area contributed by atoms with Gasteiger partial charge in [-0.25, -0.2) is 0 Å². The van der Waals surface area contributed by atoms with E-state index in [1.54, 1.807) is 0 Å². The van der Waals surface area contributed by atoms with Crippen LogP contribution in [-0.2, 0) is 9.53 Å². The third kappa shape index (κ3) is 4.62. The first-order valence-electron chi connectivity index (χ1n) is 7.18. The van der Waals surface area contributed by atoms with Crippen LogP contribution in [0.15, 0.2) is 24.3 Å². The molecule has 0 spiro atoms. The number of hydrogen-bond acceptors (Lipinski definition) is 3. The second-order valence-electron chi connectivity index (χ2n) is 6.10. The van der Waals surface area contributed by atoms with Crippen LogP contribution in [0.2, 0.25) is 0 Å². The maximum atomic E-state index is 11.9. The largest absolute Gasteiger partial charge is 0.375 e. The van der Waals surface area contributed by atoms with Crippen LogP contribution in [0.5, 0.6) is 0 Å². The van der Waals surface area contributed by atoms with Crippen molar-refractivity contribution >= 4 is 11.6 Å². The number of hydrogen-bond donors (Lipinski definition) is 2. The summed E-state index contributed by atoms with van der Waals surface area (Å²) in [5.74, 6) is -0.0000945. The van der Waals surface area contributed by atoms with E-state index in [0.717, 1.165) is 30.7 Å². The summed E-state index contributed by atoms with van der Waals surface area (Å²) in [7, 11) is 0. The molecule has 1 heterocycles. The second kappa shape index (κ2) is 6.37. The van der Waals surface area contributed by atoms with Crippen molar-refractivity contribution in [3.8, 4) is 0 Å². The molecule has 1 atom stereocenters. The van der Waals surface area contributed by atoms with E-state index in [0.29, 0.717) is 12.6 Å². The molecule has 0 saturated carbocycles. The van der Waals surface area contributed by atoms with Gasteiger partial charge in [-0.15, -0.1) is 0 Å². The number of nitrogens with one attached hydrogen (secondary N) is 2. The quantitative estimate of drug-likeness (QED) is 0.888. The average molecular weight is 276 g/mol. The van der Waals surface area contributed by atoms with Crippen molar-refractivity contribution in [2.24, 2.45) is 0 Å². The lowest BCUT2D eigenvalue weighted by molar-refractivity contribution is -0.116.